The summed E-state index contributed by atoms with van der Waals surface area (Å²) in [6.45, 7) is 1.96. The molecule has 3 rings (SSSR count). The Bertz CT molecular complexity index is 459. The summed E-state index contributed by atoms with van der Waals surface area (Å²) in [7, 11) is 1.40. The molecular weight excluding hydrogens is 258 g/mol. The summed E-state index contributed by atoms with van der Waals surface area (Å²) < 4.78 is 10.7. The lowest BCUT2D eigenvalue weighted by molar-refractivity contribution is -0.127. The standard InChI is InChI=1S/C15H21NO4/c1-3-9-8-20-12-7-5-10-4-6-11(13(12)14(9)17)16(10)15(18)19-2/h8,10-13H,3-7H2,1-2H3/t10-,11+,12+,13-/m0/s1. The average Bonchev–Trinajstić information content (AvgIpc) is 2.78. The van der Waals surface area contributed by atoms with Crippen LogP contribution in [0.4, 0.5) is 4.79 Å². The third kappa shape index (κ3) is 1.91. The number of carbonyl (C=O) groups is 2. The molecule has 4 atom stereocenters. The van der Waals surface area contributed by atoms with E-state index in [9.17, 15) is 9.59 Å². The molecule has 0 radical (unpaired) electrons. The predicted molar refractivity (Wildman–Crippen MR) is 72.0 cm³/mol. The van der Waals surface area contributed by atoms with Crippen LogP contribution in [0.15, 0.2) is 11.8 Å². The smallest absolute Gasteiger partial charge is 0.410 e. The van der Waals surface area contributed by atoms with E-state index in [4.69, 9.17) is 9.47 Å². The number of nitrogens with zero attached hydrogens (tertiary/aromatic N) is 1. The Kier molecular flexibility index (Phi) is 3.44. The van der Waals surface area contributed by atoms with Gasteiger partial charge in [-0.25, -0.2) is 4.79 Å². The normalized spacial score (nSPS) is 35.8. The van der Waals surface area contributed by atoms with Crippen molar-refractivity contribution in [3.63, 3.8) is 0 Å². The van der Waals surface area contributed by atoms with Crippen molar-refractivity contribution >= 4 is 11.9 Å². The molecule has 110 valence electrons. The lowest BCUT2D eigenvalue weighted by Gasteiger charge is -2.35. The Hall–Kier alpha value is -1.52. The number of allylic oxidation sites excluding steroid dienone is 1. The molecule has 20 heavy (non-hydrogen) atoms. The number of hydrogen-bond acceptors (Lipinski definition) is 4. The number of Topliss-reactive ketones (excluding diaryl/α,β-unsaturated/α-hetero) is 1. The number of amides is 1. The maximum atomic E-state index is 12.7. The minimum atomic E-state index is -0.307. The Morgan fingerprint density at radius 3 is 2.85 bits per heavy atom. The van der Waals surface area contributed by atoms with Gasteiger partial charge in [-0.2, -0.15) is 0 Å². The van der Waals surface area contributed by atoms with Gasteiger partial charge in [0.2, 0.25) is 0 Å². The molecule has 2 saturated heterocycles. The molecule has 0 N–H and O–H groups in total. The topological polar surface area (TPSA) is 55.8 Å². The summed E-state index contributed by atoms with van der Waals surface area (Å²) in [5, 5.41) is 0. The Morgan fingerprint density at radius 1 is 1.40 bits per heavy atom. The Balaban J connectivity index is 1.94. The van der Waals surface area contributed by atoms with Gasteiger partial charge in [-0.1, -0.05) is 6.92 Å². The van der Waals surface area contributed by atoms with Crippen LogP contribution in [0.1, 0.15) is 39.0 Å². The van der Waals surface area contributed by atoms with Gasteiger partial charge < -0.3 is 14.4 Å². The number of ketones is 1. The molecule has 0 aromatic rings. The molecular formula is C15H21NO4. The predicted octanol–water partition coefficient (Wildman–Crippen LogP) is 2.26. The molecule has 0 aromatic heterocycles. The van der Waals surface area contributed by atoms with Crippen LogP contribution in [0.3, 0.4) is 0 Å². The highest BCUT2D eigenvalue weighted by Gasteiger charge is 2.51. The number of ether oxygens (including phenoxy) is 2. The maximum absolute atomic E-state index is 12.7. The van der Waals surface area contributed by atoms with E-state index in [0.717, 1.165) is 31.3 Å². The van der Waals surface area contributed by atoms with E-state index in [1.54, 1.807) is 11.2 Å². The van der Waals surface area contributed by atoms with E-state index in [1.165, 1.54) is 7.11 Å². The molecule has 3 aliphatic heterocycles. The van der Waals surface area contributed by atoms with Gasteiger partial charge in [0.25, 0.3) is 0 Å². The van der Waals surface area contributed by atoms with Crippen LogP contribution < -0.4 is 0 Å². The zero-order valence-electron chi connectivity index (χ0n) is 12.0. The van der Waals surface area contributed by atoms with Crippen molar-refractivity contribution in [2.75, 3.05) is 7.11 Å². The van der Waals surface area contributed by atoms with Gasteiger partial charge in [-0.15, -0.1) is 0 Å². The van der Waals surface area contributed by atoms with E-state index < -0.39 is 0 Å². The van der Waals surface area contributed by atoms with Crippen LogP contribution in [0, 0.1) is 5.92 Å². The number of carbonyl (C=O) groups excluding carboxylic acids is 2. The second-order valence-corrected chi connectivity index (χ2v) is 5.81. The number of fused-ring (bicyclic) bond motifs is 4. The minimum absolute atomic E-state index is 0.0669. The summed E-state index contributed by atoms with van der Waals surface area (Å²) in [6, 6.07) is 0.127. The third-order valence-corrected chi connectivity index (χ3v) is 4.92. The zero-order chi connectivity index (χ0) is 14.3. The summed E-state index contributed by atoms with van der Waals surface area (Å²) in [4.78, 5) is 26.5. The second kappa shape index (κ2) is 5.11. The van der Waals surface area contributed by atoms with Crippen molar-refractivity contribution in [3.8, 4) is 0 Å². The van der Waals surface area contributed by atoms with Crippen molar-refractivity contribution in [3.05, 3.63) is 11.8 Å². The van der Waals surface area contributed by atoms with E-state index in [2.05, 4.69) is 0 Å². The molecule has 5 heteroatoms. The van der Waals surface area contributed by atoms with Gasteiger partial charge in [-0.3, -0.25) is 4.79 Å². The molecule has 0 aliphatic carbocycles. The van der Waals surface area contributed by atoms with Crippen LogP contribution in [0.2, 0.25) is 0 Å². The van der Waals surface area contributed by atoms with Gasteiger partial charge in [0.1, 0.15) is 6.10 Å². The summed E-state index contributed by atoms with van der Waals surface area (Å²) in [5.74, 6) is -0.0632. The van der Waals surface area contributed by atoms with Crippen LogP contribution >= 0.6 is 0 Å². The molecule has 0 spiro atoms. The molecule has 1 amide bonds. The van der Waals surface area contributed by atoms with Crippen molar-refractivity contribution < 1.29 is 19.1 Å². The number of hydrogen-bond donors (Lipinski definition) is 0. The average molecular weight is 279 g/mol. The molecule has 2 bridgehead atoms. The maximum Gasteiger partial charge on any atom is 0.410 e. The Labute approximate surface area is 118 Å². The fourth-order valence-electron chi connectivity index (χ4n) is 3.92. The third-order valence-electron chi connectivity index (χ3n) is 4.92. The summed E-state index contributed by atoms with van der Waals surface area (Å²) >= 11 is 0. The van der Waals surface area contributed by atoms with Crippen LogP contribution in [0.5, 0.6) is 0 Å². The summed E-state index contributed by atoms with van der Waals surface area (Å²) in [5.41, 5.74) is 0.737. The van der Waals surface area contributed by atoms with Crippen LogP contribution in [0.25, 0.3) is 0 Å². The van der Waals surface area contributed by atoms with E-state index in [0.29, 0.717) is 6.42 Å². The highest BCUT2D eigenvalue weighted by molar-refractivity contribution is 5.98. The first kappa shape index (κ1) is 13.5. The highest BCUT2D eigenvalue weighted by Crippen LogP contribution is 2.42. The first-order chi connectivity index (χ1) is 9.67. The molecule has 3 heterocycles. The largest absolute Gasteiger partial charge is 0.497 e. The first-order valence-corrected chi connectivity index (χ1v) is 7.42. The second-order valence-electron chi connectivity index (χ2n) is 5.81. The fraction of sp³-hybridized carbons (Fsp3) is 0.733. The molecule has 0 saturated carbocycles. The van der Waals surface area contributed by atoms with Crippen molar-refractivity contribution in [1.29, 1.82) is 0 Å². The lowest BCUT2D eigenvalue weighted by Crippen LogP contribution is -2.49. The van der Waals surface area contributed by atoms with E-state index >= 15 is 0 Å². The van der Waals surface area contributed by atoms with E-state index in [-0.39, 0.29) is 36.0 Å². The number of rotatable bonds is 1. The molecule has 3 aliphatic rings. The van der Waals surface area contributed by atoms with Crippen molar-refractivity contribution in [2.24, 2.45) is 5.92 Å². The number of methoxy groups -OCH3 is 1. The van der Waals surface area contributed by atoms with Gasteiger partial charge in [-0.05, 0) is 32.1 Å². The van der Waals surface area contributed by atoms with Gasteiger partial charge in [0, 0.05) is 17.7 Å². The molecule has 0 aromatic carbocycles. The lowest BCUT2D eigenvalue weighted by atomic mass is 9.81. The van der Waals surface area contributed by atoms with E-state index in [1.807, 2.05) is 6.92 Å². The molecule has 5 nitrogen and oxygen atoms in total. The minimum Gasteiger partial charge on any atom is -0.497 e. The van der Waals surface area contributed by atoms with Crippen LogP contribution in [-0.2, 0) is 14.3 Å². The zero-order valence-corrected chi connectivity index (χ0v) is 12.0. The van der Waals surface area contributed by atoms with Crippen LogP contribution in [-0.4, -0.2) is 42.1 Å². The first-order valence-electron chi connectivity index (χ1n) is 7.42. The highest BCUT2D eigenvalue weighted by atomic mass is 16.5. The monoisotopic (exact) mass is 279 g/mol. The van der Waals surface area contributed by atoms with Gasteiger partial charge >= 0.3 is 6.09 Å². The SMILES string of the molecule is CCC1=CO[C@@H]2CC[C@@H]3CC[C@H]([C@@H]2C1=O)N3C(=O)OC. The van der Waals surface area contributed by atoms with Gasteiger partial charge in [0.15, 0.2) is 5.78 Å². The molecule has 2 fully saturated rings. The molecule has 0 unspecified atom stereocenters. The Morgan fingerprint density at radius 2 is 2.15 bits per heavy atom. The van der Waals surface area contributed by atoms with Crippen molar-refractivity contribution in [2.45, 2.75) is 57.2 Å². The van der Waals surface area contributed by atoms with Gasteiger partial charge in [0.05, 0.1) is 19.3 Å². The fourth-order valence-corrected chi connectivity index (χ4v) is 3.92. The quantitative estimate of drug-likeness (QED) is 0.738. The summed E-state index contributed by atoms with van der Waals surface area (Å²) in [6.07, 6.45) is 5.46. The van der Waals surface area contributed by atoms with Crippen molar-refractivity contribution in [1.82, 2.24) is 4.90 Å².